The van der Waals surface area contributed by atoms with E-state index in [2.05, 4.69) is 22.3 Å². The Morgan fingerprint density at radius 2 is 1.92 bits per heavy atom. The molecule has 0 saturated heterocycles. The van der Waals surface area contributed by atoms with E-state index < -0.39 is 0 Å². The molecule has 0 aliphatic heterocycles. The molecule has 1 amide bonds. The molecule has 0 aliphatic carbocycles. The first-order valence-corrected chi connectivity index (χ1v) is 8.51. The standard InChI is InChI=1S/C21H23N3O2/c1-24(19-6-3-2-4-7-19)16-5-15-23-21(25)13-10-18-8-11-20(12-9-18)26-17-14-22/h2-4,6-13H,5,15-17H2,1H3,(H,23,25)/b13-10+. The molecule has 0 bridgehead atoms. The zero-order chi connectivity index (χ0) is 18.6. The van der Waals surface area contributed by atoms with Crippen LogP contribution < -0.4 is 15.0 Å². The van der Waals surface area contributed by atoms with Gasteiger partial charge in [0.25, 0.3) is 0 Å². The van der Waals surface area contributed by atoms with Crippen LogP contribution in [0.5, 0.6) is 5.75 Å². The summed E-state index contributed by atoms with van der Waals surface area (Å²) in [6, 6.07) is 19.3. The first-order valence-electron chi connectivity index (χ1n) is 8.51. The van der Waals surface area contributed by atoms with Crippen molar-refractivity contribution in [1.82, 2.24) is 5.32 Å². The number of amides is 1. The smallest absolute Gasteiger partial charge is 0.244 e. The third-order valence-electron chi connectivity index (χ3n) is 3.78. The number of anilines is 1. The van der Waals surface area contributed by atoms with Crippen molar-refractivity contribution in [1.29, 1.82) is 5.26 Å². The minimum atomic E-state index is -0.114. The number of hydrogen-bond acceptors (Lipinski definition) is 4. The van der Waals surface area contributed by atoms with Crippen LogP contribution in [0.1, 0.15) is 12.0 Å². The van der Waals surface area contributed by atoms with Crippen LogP contribution in [0.4, 0.5) is 5.69 Å². The molecule has 2 aromatic rings. The number of ether oxygens (including phenoxy) is 1. The normalized spacial score (nSPS) is 10.3. The number of nitrogens with one attached hydrogen (secondary N) is 1. The number of nitrogens with zero attached hydrogens (tertiary/aromatic N) is 2. The lowest BCUT2D eigenvalue weighted by Crippen LogP contribution is -2.26. The maximum atomic E-state index is 11.9. The van der Waals surface area contributed by atoms with E-state index in [9.17, 15) is 4.79 Å². The van der Waals surface area contributed by atoms with Crippen LogP contribution in [0, 0.1) is 11.3 Å². The number of para-hydroxylation sites is 1. The van der Waals surface area contributed by atoms with Crippen LogP contribution in [0.15, 0.2) is 60.7 Å². The van der Waals surface area contributed by atoms with Crippen molar-refractivity contribution in [2.75, 3.05) is 31.6 Å². The van der Waals surface area contributed by atoms with Gasteiger partial charge in [0, 0.05) is 31.9 Å². The highest BCUT2D eigenvalue weighted by Gasteiger charge is 2.00. The molecule has 0 radical (unpaired) electrons. The quantitative estimate of drug-likeness (QED) is 0.557. The Labute approximate surface area is 154 Å². The molecular formula is C21H23N3O2. The maximum Gasteiger partial charge on any atom is 0.244 e. The second-order valence-electron chi connectivity index (χ2n) is 5.75. The van der Waals surface area contributed by atoms with Gasteiger partial charge in [0.2, 0.25) is 5.91 Å². The van der Waals surface area contributed by atoms with Crippen LogP contribution in [0.25, 0.3) is 6.08 Å². The summed E-state index contributed by atoms with van der Waals surface area (Å²) in [6.45, 7) is 1.52. The monoisotopic (exact) mass is 349 g/mol. The number of hydrogen-bond donors (Lipinski definition) is 1. The van der Waals surface area contributed by atoms with Crippen molar-refractivity contribution in [2.24, 2.45) is 0 Å². The summed E-state index contributed by atoms with van der Waals surface area (Å²) in [7, 11) is 2.04. The van der Waals surface area contributed by atoms with Gasteiger partial charge in [-0.05, 0) is 42.3 Å². The third-order valence-corrected chi connectivity index (χ3v) is 3.78. The summed E-state index contributed by atoms with van der Waals surface area (Å²) in [4.78, 5) is 14.0. The lowest BCUT2D eigenvalue weighted by molar-refractivity contribution is -0.116. The van der Waals surface area contributed by atoms with Crippen LogP contribution in [-0.4, -0.2) is 32.7 Å². The molecule has 5 nitrogen and oxygen atoms in total. The molecule has 2 aromatic carbocycles. The maximum absolute atomic E-state index is 11.9. The highest BCUT2D eigenvalue weighted by molar-refractivity contribution is 5.91. The minimum Gasteiger partial charge on any atom is -0.479 e. The Kier molecular flexibility index (Phi) is 7.75. The lowest BCUT2D eigenvalue weighted by Gasteiger charge is -2.19. The van der Waals surface area contributed by atoms with Gasteiger partial charge < -0.3 is 15.0 Å². The van der Waals surface area contributed by atoms with E-state index in [4.69, 9.17) is 10.00 Å². The fraction of sp³-hybridized carbons (Fsp3) is 0.238. The fourth-order valence-corrected chi connectivity index (χ4v) is 2.36. The van der Waals surface area contributed by atoms with Crippen molar-refractivity contribution >= 4 is 17.7 Å². The molecule has 0 aliphatic rings. The Bertz CT molecular complexity index is 749. The molecule has 0 heterocycles. The van der Waals surface area contributed by atoms with Gasteiger partial charge in [0.1, 0.15) is 11.8 Å². The van der Waals surface area contributed by atoms with Gasteiger partial charge in [0.15, 0.2) is 6.61 Å². The van der Waals surface area contributed by atoms with Crippen LogP contribution >= 0.6 is 0 Å². The summed E-state index contributed by atoms with van der Waals surface area (Å²) in [5, 5.41) is 11.4. The fourth-order valence-electron chi connectivity index (χ4n) is 2.36. The summed E-state index contributed by atoms with van der Waals surface area (Å²) in [5.41, 5.74) is 2.06. The van der Waals surface area contributed by atoms with E-state index in [1.807, 2.05) is 43.4 Å². The summed E-state index contributed by atoms with van der Waals surface area (Å²) < 4.78 is 5.18. The number of rotatable bonds is 9. The highest BCUT2D eigenvalue weighted by atomic mass is 16.5. The van der Waals surface area contributed by atoms with E-state index in [0.717, 1.165) is 18.5 Å². The molecule has 26 heavy (non-hydrogen) atoms. The van der Waals surface area contributed by atoms with Gasteiger partial charge in [-0.25, -0.2) is 0 Å². The molecule has 0 atom stereocenters. The zero-order valence-corrected chi connectivity index (χ0v) is 14.9. The molecule has 5 heteroatoms. The minimum absolute atomic E-state index is 0.0249. The molecule has 0 fully saturated rings. The van der Waals surface area contributed by atoms with Crippen molar-refractivity contribution in [2.45, 2.75) is 6.42 Å². The number of carbonyl (C=O) groups excluding carboxylic acids is 1. The van der Waals surface area contributed by atoms with E-state index in [1.165, 1.54) is 11.8 Å². The highest BCUT2D eigenvalue weighted by Crippen LogP contribution is 2.13. The Morgan fingerprint density at radius 1 is 1.19 bits per heavy atom. The molecule has 2 rings (SSSR count). The molecule has 0 aromatic heterocycles. The van der Waals surface area contributed by atoms with Crippen molar-refractivity contribution in [3.8, 4) is 11.8 Å². The predicted octanol–water partition coefficient (Wildman–Crippen LogP) is 3.24. The zero-order valence-electron chi connectivity index (χ0n) is 14.9. The Balaban J connectivity index is 1.68. The van der Waals surface area contributed by atoms with E-state index in [1.54, 1.807) is 18.2 Å². The van der Waals surface area contributed by atoms with Crippen molar-refractivity contribution in [3.05, 3.63) is 66.2 Å². The number of benzene rings is 2. The number of nitriles is 1. The average molecular weight is 349 g/mol. The average Bonchev–Trinajstić information content (AvgIpc) is 2.69. The SMILES string of the molecule is CN(CCCNC(=O)/C=C/c1ccc(OCC#N)cc1)c1ccccc1. The van der Waals surface area contributed by atoms with Gasteiger partial charge >= 0.3 is 0 Å². The Hall–Kier alpha value is -3.26. The summed E-state index contributed by atoms with van der Waals surface area (Å²) in [6.07, 6.45) is 4.14. The lowest BCUT2D eigenvalue weighted by atomic mass is 10.2. The van der Waals surface area contributed by atoms with Gasteiger partial charge in [-0.2, -0.15) is 5.26 Å². The van der Waals surface area contributed by atoms with Crippen molar-refractivity contribution < 1.29 is 9.53 Å². The predicted molar refractivity (Wildman–Crippen MR) is 104 cm³/mol. The Morgan fingerprint density at radius 3 is 2.62 bits per heavy atom. The van der Waals surface area contributed by atoms with Crippen LogP contribution in [0.3, 0.4) is 0 Å². The van der Waals surface area contributed by atoms with E-state index in [-0.39, 0.29) is 12.5 Å². The second kappa shape index (κ2) is 10.6. The molecule has 0 saturated carbocycles. The van der Waals surface area contributed by atoms with E-state index in [0.29, 0.717) is 12.3 Å². The second-order valence-corrected chi connectivity index (χ2v) is 5.75. The van der Waals surface area contributed by atoms with Gasteiger partial charge in [-0.15, -0.1) is 0 Å². The third kappa shape index (κ3) is 6.70. The number of carbonyl (C=O) groups is 1. The van der Waals surface area contributed by atoms with Crippen LogP contribution in [-0.2, 0) is 4.79 Å². The van der Waals surface area contributed by atoms with Gasteiger partial charge in [0.05, 0.1) is 0 Å². The summed E-state index contributed by atoms with van der Waals surface area (Å²) in [5.74, 6) is 0.521. The largest absolute Gasteiger partial charge is 0.479 e. The van der Waals surface area contributed by atoms with E-state index >= 15 is 0 Å². The molecule has 134 valence electrons. The van der Waals surface area contributed by atoms with Gasteiger partial charge in [-0.3, -0.25) is 4.79 Å². The molecular weight excluding hydrogens is 326 g/mol. The molecule has 0 unspecified atom stereocenters. The summed E-state index contributed by atoms with van der Waals surface area (Å²) >= 11 is 0. The first kappa shape index (κ1) is 19.1. The molecule has 0 spiro atoms. The topological polar surface area (TPSA) is 65.4 Å². The molecule has 1 N–H and O–H groups in total. The first-order chi connectivity index (χ1) is 12.7. The van der Waals surface area contributed by atoms with Gasteiger partial charge in [-0.1, -0.05) is 30.3 Å². The van der Waals surface area contributed by atoms with Crippen LogP contribution in [0.2, 0.25) is 0 Å². The van der Waals surface area contributed by atoms with Crippen molar-refractivity contribution in [3.63, 3.8) is 0 Å².